The summed E-state index contributed by atoms with van der Waals surface area (Å²) in [6, 6.07) is 5.04. The average molecular weight is 282 g/mol. The van der Waals surface area contributed by atoms with Crippen LogP contribution in [0.1, 0.15) is 37.3 Å². The van der Waals surface area contributed by atoms with Gasteiger partial charge in [-0.3, -0.25) is 0 Å². The van der Waals surface area contributed by atoms with Crippen LogP contribution in [0.25, 0.3) is 0 Å². The Bertz CT molecular complexity index is 359. The molecule has 0 radical (unpaired) electrons. The molecule has 16 heavy (non-hydrogen) atoms. The second kappa shape index (κ2) is 4.79. The van der Waals surface area contributed by atoms with Gasteiger partial charge in [0.2, 0.25) is 0 Å². The Morgan fingerprint density at radius 2 is 1.88 bits per heavy atom. The van der Waals surface area contributed by atoms with E-state index in [-0.39, 0.29) is 0 Å². The zero-order chi connectivity index (χ0) is 11.7. The normalized spacial score (nSPS) is 17.2. The smallest absolute Gasteiger partial charge is 0.0402 e. The Hall–Kier alpha value is -0.500. The van der Waals surface area contributed by atoms with Gasteiger partial charge in [-0.05, 0) is 62.3 Å². The van der Waals surface area contributed by atoms with Gasteiger partial charge in [0.05, 0.1) is 0 Å². The quantitative estimate of drug-likeness (QED) is 0.846. The van der Waals surface area contributed by atoms with Crippen LogP contribution in [-0.4, -0.2) is 6.04 Å². The fraction of sp³-hybridized carbons (Fsp3) is 0.571. The van der Waals surface area contributed by atoms with Crippen molar-refractivity contribution < 1.29 is 0 Å². The van der Waals surface area contributed by atoms with E-state index in [4.69, 9.17) is 0 Å². The molecule has 0 aromatic heterocycles. The molecule has 1 atom stereocenters. The van der Waals surface area contributed by atoms with E-state index in [0.29, 0.717) is 6.04 Å². The minimum Gasteiger partial charge on any atom is -0.382 e. The SMILES string of the molecule is CCC(Nc1c(C)cc(Br)cc1C)C1CC1. The Balaban J connectivity index is 2.19. The molecule has 1 nitrogen and oxygen atoms in total. The van der Waals surface area contributed by atoms with Crippen LogP contribution < -0.4 is 5.32 Å². The van der Waals surface area contributed by atoms with Crippen molar-refractivity contribution in [2.45, 2.75) is 46.1 Å². The first kappa shape index (κ1) is 12.0. The van der Waals surface area contributed by atoms with Gasteiger partial charge in [-0.2, -0.15) is 0 Å². The maximum atomic E-state index is 3.73. The van der Waals surface area contributed by atoms with Gasteiger partial charge in [0, 0.05) is 16.2 Å². The lowest BCUT2D eigenvalue weighted by molar-refractivity contribution is 0.615. The molecule has 1 fully saturated rings. The van der Waals surface area contributed by atoms with Crippen LogP contribution in [0.2, 0.25) is 0 Å². The minimum atomic E-state index is 0.665. The van der Waals surface area contributed by atoms with Crippen LogP contribution >= 0.6 is 15.9 Å². The Labute approximate surface area is 107 Å². The highest BCUT2D eigenvalue weighted by atomic mass is 79.9. The molecule has 0 heterocycles. The first-order valence-electron chi connectivity index (χ1n) is 6.15. The lowest BCUT2D eigenvalue weighted by Gasteiger charge is -2.21. The van der Waals surface area contributed by atoms with E-state index < -0.39 is 0 Å². The Morgan fingerprint density at radius 3 is 2.31 bits per heavy atom. The molecule has 1 aromatic carbocycles. The highest BCUT2D eigenvalue weighted by Gasteiger charge is 2.30. The highest BCUT2D eigenvalue weighted by Crippen LogP contribution is 2.37. The van der Waals surface area contributed by atoms with Gasteiger partial charge in [0.1, 0.15) is 0 Å². The van der Waals surface area contributed by atoms with Gasteiger partial charge in [-0.1, -0.05) is 22.9 Å². The number of aryl methyl sites for hydroxylation is 2. The Morgan fingerprint density at radius 1 is 1.31 bits per heavy atom. The van der Waals surface area contributed by atoms with Crippen LogP contribution in [-0.2, 0) is 0 Å². The van der Waals surface area contributed by atoms with Crippen molar-refractivity contribution in [2.24, 2.45) is 5.92 Å². The van der Waals surface area contributed by atoms with E-state index in [1.165, 1.54) is 40.5 Å². The van der Waals surface area contributed by atoms with Crippen molar-refractivity contribution in [1.29, 1.82) is 0 Å². The largest absolute Gasteiger partial charge is 0.382 e. The molecule has 1 saturated carbocycles. The standard InChI is InChI=1S/C14H20BrN/c1-4-13(11-5-6-11)16-14-9(2)7-12(15)8-10(14)3/h7-8,11,13,16H,4-6H2,1-3H3. The van der Waals surface area contributed by atoms with E-state index in [1.807, 2.05) is 0 Å². The molecule has 1 aromatic rings. The van der Waals surface area contributed by atoms with E-state index in [1.54, 1.807) is 0 Å². The van der Waals surface area contributed by atoms with Crippen molar-refractivity contribution in [1.82, 2.24) is 0 Å². The van der Waals surface area contributed by atoms with Gasteiger partial charge in [0.15, 0.2) is 0 Å². The molecular weight excluding hydrogens is 262 g/mol. The lowest BCUT2D eigenvalue weighted by atomic mass is 10.1. The van der Waals surface area contributed by atoms with Crippen LogP contribution in [0.4, 0.5) is 5.69 Å². The lowest BCUT2D eigenvalue weighted by Crippen LogP contribution is -2.21. The second-order valence-electron chi connectivity index (χ2n) is 4.91. The molecule has 1 unspecified atom stereocenters. The fourth-order valence-corrected chi connectivity index (χ4v) is 3.06. The van der Waals surface area contributed by atoms with Gasteiger partial charge in [-0.25, -0.2) is 0 Å². The van der Waals surface area contributed by atoms with E-state index in [2.05, 4.69) is 54.2 Å². The van der Waals surface area contributed by atoms with Gasteiger partial charge < -0.3 is 5.32 Å². The van der Waals surface area contributed by atoms with Crippen LogP contribution in [0, 0.1) is 19.8 Å². The summed E-state index contributed by atoms with van der Waals surface area (Å²) in [5, 5.41) is 3.73. The molecule has 2 rings (SSSR count). The molecular formula is C14H20BrN. The van der Waals surface area contributed by atoms with E-state index in [9.17, 15) is 0 Å². The molecule has 88 valence electrons. The molecule has 0 amide bonds. The van der Waals surface area contributed by atoms with Crippen LogP contribution in [0.3, 0.4) is 0 Å². The Kier molecular flexibility index (Phi) is 3.58. The summed E-state index contributed by atoms with van der Waals surface area (Å²) in [7, 11) is 0. The van der Waals surface area contributed by atoms with Crippen molar-refractivity contribution in [2.75, 3.05) is 5.32 Å². The van der Waals surface area contributed by atoms with E-state index >= 15 is 0 Å². The summed E-state index contributed by atoms with van der Waals surface area (Å²) in [6.45, 7) is 6.64. The molecule has 1 aliphatic carbocycles. The third-order valence-corrected chi connectivity index (χ3v) is 3.92. The summed E-state index contributed by atoms with van der Waals surface area (Å²) in [5.41, 5.74) is 4.01. The molecule has 0 spiro atoms. The summed E-state index contributed by atoms with van der Waals surface area (Å²) < 4.78 is 1.17. The summed E-state index contributed by atoms with van der Waals surface area (Å²) in [4.78, 5) is 0. The predicted octanol–water partition coefficient (Wildman–Crippen LogP) is 4.67. The predicted molar refractivity (Wildman–Crippen MR) is 74.0 cm³/mol. The molecule has 1 aliphatic rings. The fourth-order valence-electron chi connectivity index (χ4n) is 2.38. The maximum absolute atomic E-state index is 3.73. The molecule has 2 heteroatoms. The minimum absolute atomic E-state index is 0.665. The average Bonchev–Trinajstić information content (AvgIpc) is 3.00. The maximum Gasteiger partial charge on any atom is 0.0402 e. The summed E-state index contributed by atoms with van der Waals surface area (Å²) >= 11 is 3.54. The molecule has 1 N–H and O–H groups in total. The van der Waals surface area contributed by atoms with Gasteiger partial charge in [0.25, 0.3) is 0 Å². The third kappa shape index (κ3) is 2.60. The number of hydrogen-bond donors (Lipinski definition) is 1. The van der Waals surface area contributed by atoms with E-state index in [0.717, 1.165) is 5.92 Å². The number of rotatable bonds is 4. The monoisotopic (exact) mass is 281 g/mol. The summed E-state index contributed by atoms with van der Waals surface area (Å²) in [5.74, 6) is 0.910. The molecule has 0 saturated heterocycles. The zero-order valence-corrected chi connectivity index (χ0v) is 11.9. The number of anilines is 1. The second-order valence-corrected chi connectivity index (χ2v) is 5.83. The number of hydrogen-bond acceptors (Lipinski definition) is 1. The first-order valence-corrected chi connectivity index (χ1v) is 6.94. The molecule has 0 bridgehead atoms. The number of nitrogens with one attached hydrogen (secondary N) is 1. The topological polar surface area (TPSA) is 12.0 Å². The first-order chi connectivity index (χ1) is 7.61. The molecule has 0 aliphatic heterocycles. The van der Waals surface area contributed by atoms with Crippen molar-refractivity contribution >= 4 is 21.6 Å². The zero-order valence-electron chi connectivity index (χ0n) is 10.3. The van der Waals surface area contributed by atoms with Crippen LogP contribution in [0.15, 0.2) is 16.6 Å². The van der Waals surface area contributed by atoms with Crippen LogP contribution in [0.5, 0.6) is 0 Å². The number of benzene rings is 1. The number of halogens is 1. The summed E-state index contributed by atoms with van der Waals surface area (Å²) in [6.07, 6.45) is 4.03. The van der Waals surface area contributed by atoms with Gasteiger partial charge >= 0.3 is 0 Å². The van der Waals surface area contributed by atoms with Gasteiger partial charge in [-0.15, -0.1) is 0 Å². The third-order valence-electron chi connectivity index (χ3n) is 3.46. The van der Waals surface area contributed by atoms with Crippen molar-refractivity contribution in [3.05, 3.63) is 27.7 Å². The van der Waals surface area contributed by atoms with Crippen molar-refractivity contribution in [3.63, 3.8) is 0 Å². The highest BCUT2D eigenvalue weighted by molar-refractivity contribution is 9.10. The van der Waals surface area contributed by atoms with Crippen molar-refractivity contribution in [3.8, 4) is 0 Å².